The van der Waals surface area contributed by atoms with Crippen molar-refractivity contribution in [2.24, 2.45) is 10.4 Å². The monoisotopic (exact) mass is 226 g/mol. The van der Waals surface area contributed by atoms with Crippen LogP contribution in [0.5, 0.6) is 0 Å². The standard InChI is InChI=1S/C10H18N4O2/c1-7(9(3)13-15)11-5-6-12-8(2)10(4)14-16/h7-12H,1-4H3. The molecule has 0 aromatic carbocycles. The third-order valence-electron chi connectivity index (χ3n) is 2.44. The molecule has 6 heteroatoms. The summed E-state index contributed by atoms with van der Waals surface area (Å²) in [4.78, 5) is 20.4. The first-order valence-electron chi connectivity index (χ1n) is 5.18. The normalized spacial score (nSPS) is 17.0. The smallest absolute Gasteiger partial charge is 0.110 e. The first kappa shape index (κ1) is 14.4. The Labute approximate surface area is 95.5 Å². The van der Waals surface area contributed by atoms with E-state index in [0.717, 1.165) is 0 Å². The lowest BCUT2D eigenvalue weighted by atomic mass is 10.2. The van der Waals surface area contributed by atoms with Crippen molar-refractivity contribution >= 4 is 0 Å². The van der Waals surface area contributed by atoms with E-state index < -0.39 is 0 Å². The maximum absolute atomic E-state index is 10.2. The van der Waals surface area contributed by atoms with Gasteiger partial charge in [0.2, 0.25) is 0 Å². The molecule has 0 aliphatic heterocycles. The van der Waals surface area contributed by atoms with E-state index in [-0.39, 0.29) is 24.2 Å². The van der Waals surface area contributed by atoms with E-state index >= 15 is 0 Å². The van der Waals surface area contributed by atoms with Crippen LogP contribution in [0, 0.1) is 21.9 Å². The molecule has 2 N–H and O–H groups in total. The van der Waals surface area contributed by atoms with Crippen LogP contribution in [-0.4, -0.2) is 24.2 Å². The molecule has 0 aromatic rings. The highest BCUT2D eigenvalue weighted by molar-refractivity contribution is 4.99. The first-order valence-corrected chi connectivity index (χ1v) is 5.18. The van der Waals surface area contributed by atoms with Gasteiger partial charge in [-0.3, -0.25) is 0 Å². The van der Waals surface area contributed by atoms with Gasteiger partial charge in [0.15, 0.2) is 0 Å². The highest BCUT2D eigenvalue weighted by Crippen LogP contribution is 1.96. The first-order chi connectivity index (χ1) is 7.52. The number of nitroso groups, excluding NO2 is 2. The fourth-order valence-corrected chi connectivity index (χ4v) is 0.724. The largest absolute Gasteiger partial charge is 0.339 e. The second-order valence-corrected chi connectivity index (χ2v) is 3.81. The average molecular weight is 226 g/mol. The molecule has 0 saturated carbocycles. The number of hydrogen-bond acceptors (Lipinski definition) is 6. The number of hydrogen-bond donors (Lipinski definition) is 2. The van der Waals surface area contributed by atoms with Crippen LogP contribution in [0.25, 0.3) is 0 Å². The van der Waals surface area contributed by atoms with Crippen molar-refractivity contribution < 1.29 is 0 Å². The molecule has 0 saturated heterocycles. The highest BCUT2D eigenvalue weighted by Gasteiger charge is 2.10. The predicted octanol–water partition coefficient (Wildman–Crippen LogP) is 1.17. The van der Waals surface area contributed by atoms with Crippen LogP contribution in [0.15, 0.2) is 10.4 Å². The van der Waals surface area contributed by atoms with Gasteiger partial charge in [0, 0.05) is 12.1 Å². The number of nitrogens with one attached hydrogen (secondary N) is 2. The van der Waals surface area contributed by atoms with Crippen LogP contribution in [0.4, 0.5) is 0 Å². The minimum Gasteiger partial charge on any atom is -0.339 e. The van der Waals surface area contributed by atoms with Crippen LogP contribution < -0.4 is 10.6 Å². The van der Waals surface area contributed by atoms with Crippen molar-refractivity contribution in [3.8, 4) is 12.1 Å². The Balaban J connectivity index is 3.94. The maximum Gasteiger partial charge on any atom is 0.110 e. The van der Waals surface area contributed by atoms with E-state index in [2.05, 4.69) is 33.1 Å². The number of rotatable bonds is 6. The summed E-state index contributed by atoms with van der Waals surface area (Å²) in [6.07, 6.45) is 0. The third kappa shape index (κ3) is 5.29. The van der Waals surface area contributed by atoms with Gasteiger partial charge in [0.05, 0.1) is 12.1 Å². The number of nitrogens with zero attached hydrogens (tertiary/aromatic N) is 2. The van der Waals surface area contributed by atoms with Crippen molar-refractivity contribution in [1.82, 2.24) is 10.6 Å². The minimum atomic E-state index is -0.331. The summed E-state index contributed by atoms with van der Waals surface area (Å²) >= 11 is 0. The Bertz CT molecular complexity index is 258. The molecule has 0 radical (unpaired) electrons. The Hall–Kier alpha value is -1.64. The summed E-state index contributed by atoms with van der Waals surface area (Å²) < 4.78 is 0. The van der Waals surface area contributed by atoms with Gasteiger partial charge in [-0.2, -0.15) is 9.81 Å². The lowest BCUT2D eigenvalue weighted by Crippen LogP contribution is -2.33. The van der Waals surface area contributed by atoms with Crippen molar-refractivity contribution in [2.45, 2.75) is 51.9 Å². The zero-order valence-corrected chi connectivity index (χ0v) is 10.0. The molecule has 0 bridgehead atoms. The van der Waals surface area contributed by atoms with Gasteiger partial charge in [-0.15, -0.1) is 0 Å². The van der Waals surface area contributed by atoms with Gasteiger partial charge in [0.1, 0.15) is 12.1 Å². The van der Waals surface area contributed by atoms with E-state index in [4.69, 9.17) is 0 Å². The Morgan fingerprint density at radius 1 is 0.812 bits per heavy atom. The van der Waals surface area contributed by atoms with Gasteiger partial charge < -0.3 is 10.6 Å². The third-order valence-corrected chi connectivity index (χ3v) is 2.44. The molecule has 6 nitrogen and oxygen atoms in total. The van der Waals surface area contributed by atoms with E-state index in [1.54, 1.807) is 13.8 Å². The molecule has 4 unspecified atom stereocenters. The average Bonchev–Trinajstić information content (AvgIpc) is 2.31. The van der Waals surface area contributed by atoms with Crippen LogP contribution in [0.3, 0.4) is 0 Å². The molecule has 90 valence electrons. The van der Waals surface area contributed by atoms with Crippen LogP contribution in [0.1, 0.15) is 27.7 Å². The topological polar surface area (TPSA) is 82.9 Å². The summed E-state index contributed by atoms with van der Waals surface area (Å²) in [5, 5.41) is 11.4. The molecule has 4 atom stereocenters. The van der Waals surface area contributed by atoms with Gasteiger partial charge in [-0.05, 0) is 27.7 Å². The van der Waals surface area contributed by atoms with Gasteiger partial charge in [0.25, 0.3) is 0 Å². The van der Waals surface area contributed by atoms with Gasteiger partial charge in [-0.25, -0.2) is 0 Å². The van der Waals surface area contributed by atoms with E-state index in [9.17, 15) is 9.81 Å². The van der Waals surface area contributed by atoms with Crippen molar-refractivity contribution in [3.05, 3.63) is 9.81 Å². The fraction of sp³-hybridized carbons (Fsp3) is 0.800. The summed E-state index contributed by atoms with van der Waals surface area (Å²) in [5.41, 5.74) is 0. The van der Waals surface area contributed by atoms with Gasteiger partial charge in [-0.1, -0.05) is 10.4 Å². The second kappa shape index (κ2) is 7.63. The molecule has 0 aromatic heterocycles. The molecular formula is C10H18N4O2. The molecule has 0 aliphatic rings. The predicted molar refractivity (Wildman–Crippen MR) is 63.5 cm³/mol. The summed E-state index contributed by atoms with van der Waals surface area (Å²) in [6, 6.07) is 4.44. The molecule has 0 fully saturated rings. The van der Waals surface area contributed by atoms with Crippen molar-refractivity contribution in [3.63, 3.8) is 0 Å². The molecule has 16 heavy (non-hydrogen) atoms. The molecule has 0 spiro atoms. The summed E-state index contributed by atoms with van der Waals surface area (Å²) in [6.45, 7) is 7.06. The molecule has 0 rings (SSSR count). The van der Waals surface area contributed by atoms with Crippen molar-refractivity contribution in [1.29, 1.82) is 0 Å². The van der Waals surface area contributed by atoms with Crippen LogP contribution in [0.2, 0.25) is 0 Å². The molecule has 0 aliphatic carbocycles. The zero-order valence-electron chi connectivity index (χ0n) is 10.0. The Kier molecular flexibility index (Phi) is 6.84. The van der Waals surface area contributed by atoms with E-state index in [1.807, 2.05) is 13.8 Å². The van der Waals surface area contributed by atoms with Crippen LogP contribution >= 0.6 is 0 Å². The van der Waals surface area contributed by atoms with E-state index in [1.165, 1.54) is 0 Å². The summed E-state index contributed by atoms with van der Waals surface area (Å²) in [7, 11) is 0. The SMILES string of the molecule is CC(N=O)C(C)NC#CNC(C)C(C)N=O. The molecular weight excluding hydrogens is 208 g/mol. The van der Waals surface area contributed by atoms with Gasteiger partial charge >= 0.3 is 0 Å². The second-order valence-electron chi connectivity index (χ2n) is 3.81. The fourth-order valence-electron chi connectivity index (χ4n) is 0.724. The lowest BCUT2D eigenvalue weighted by molar-refractivity contribution is 0.536. The quantitative estimate of drug-likeness (QED) is 0.404. The van der Waals surface area contributed by atoms with E-state index in [0.29, 0.717) is 0 Å². The maximum atomic E-state index is 10.2. The molecule has 0 heterocycles. The Morgan fingerprint density at radius 3 is 1.38 bits per heavy atom. The lowest BCUT2D eigenvalue weighted by Gasteiger charge is -2.12. The minimum absolute atomic E-state index is 0.108. The van der Waals surface area contributed by atoms with Crippen LogP contribution in [-0.2, 0) is 0 Å². The summed E-state index contributed by atoms with van der Waals surface area (Å²) in [5.74, 6) is 0. The Morgan fingerprint density at radius 2 is 1.12 bits per heavy atom. The highest BCUT2D eigenvalue weighted by atomic mass is 16.3. The van der Waals surface area contributed by atoms with Crippen molar-refractivity contribution in [2.75, 3.05) is 0 Å². The zero-order chi connectivity index (χ0) is 12.6. The molecule has 0 amide bonds.